The number of hydrogen-bond acceptors (Lipinski definition) is 10. The van der Waals surface area contributed by atoms with Gasteiger partial charge >= 0.3 is 0 Å². The molecule has 2 aromatic carbocycles. The minimum atomic E-state index is 0.313. The third-order valence-electron chi connectivity index (χ3n) is 4.82. The number of rotatable bonds is 8. The van der Waals surface area contributed by atoms with E-state index in [0.717, 1.165) is 21.5 Å². The second kappa shape index (κ2) is 10.9. The molecule has 172 valence electrons. The molecule has 1 aliphatic heterocycles. The predicted molar refractivity (Wildman–Crippen MR) is 131 cm³/mol. The summed E-state index contributed by atoms with van der Waals surface area (Å²) in [7, 11) is 3.25. The van der Waals surface area contributed by atoms with E-state index in [1.165, 1.54) is 0 Å². The van der Waals surface area contributed by atoms with Gasteiger partial charge in [0.1, 0.15) is 11.5 Å². The Kier molecular flexibility index (Phi) is 7.53. The molecule has 1 fully saturated rings. The Morgan fingerprint density at radius 3 is 2.48 bits per heavy atom. The molecule has 3 aromatic rings. The maximum atomic E-state index is 5.45. The molecular formula is C22H24BrN7O3. The van der Waals surface area contributed by atoms with Gasteiger partial charge < -0.3 is 24.4 Å². The van der Waals surface area contributed by atoms with Gasteiger partial charge in [-0.3, -0.25) is 0 Å². The Morgan fingerprint density at radius 2 is 1.76 bits per heavy atom. The van der Waals surface area contributed by atoms with Gasteiger partial charge in [-0.15, -0.1) is 0 Å². The van der Waals surface area contributed by atoms with Crippen LogP contribution in [-0.4, -0.2) is 61.7 Å². The second-order valence-electron chi connectivity index (χ2n) is 6.99. The van der Waals surface area contributed by atoms with Crippen molar-refractivity contribution >= 4 is 45.7 Å². The van der Waals surface area contributed by atoms with E-state index in [9.17, 15) is 0 Å². The first-order valence-corrected chi connectivity index (χ1v) is 11.1. The second-order valence-corrected chi connectivity index (χ2v) is 7.91. The van der Waals surface area contributed by atoms with E-state index in [2.05, 4.69) is 51.6 Å². The number of methoxy groups -OCH3 is 2. The van der Waals surface area contributed by atoms with Gasteiger partial charge in [-0.1, -0.05) is 15.9 Å². The minimum absolute atomic E-state index is 0.313. The molecule has 0 radical (unpaired) electrons. The van der Waals surface area contributed by atoms with Crippen LogP contribution >= 0.6 is 15.9 Å². The molecule has 1 saturated heterocycles. The highest BCUT2D eigenvalue weighted by Crippen LogP contribution is 2.22. The third kappa shape index (κ3) is 6.08. The van der Waals surface area contributed by atoms with Gasteiger partial charge in [-0.25, -0.2) is 5.43 Å². The fourth-order valence-corrected chi connectivity index (χ4v) is 3.52. The van der Waals surface area contributed by atoms with E-state index in [-0.39, 0.29) is 0 Å². The summed E-state index contributed by atoms with van der Waals surface area (Å²) in [4.78, 5) is 15.6. The van der Waals surface area contributed by atoms with Crippen LogP contribution in [0, 0.1) is 0 Å². The Bertz CT molecular complexity index is 1110. The number of hydrazone groups is 1. The van der Waals surface area contributed by atoms with Crippen molar-refractivity contribution in [3.05, 3.63) is 52.5 Å². The van der Waals surface area contributed by atoms with Gasteiger partial charge in [-0.2, -0.15) is 20.1 Å². The first-order valence-electron chi connectivity index (χ1n) is 10.3. The van der Waals surface area contributed by atoms with E-state index in [1.54, 1.807) is 20.4 Å². The molecule has 0 spiro atoms. The lowest BCUT2D eigenvalue weighted by Crippen LogP contribution is -2.37. The molecule has 0 saturated carbocycles. The molecule has 0 amide bonds. The fraction of sp³-hybridized carbons (Fsp3) is 0.273. The number of benzene rings is 2. The minimum Gasteiger partial charge on any atom is -0.497 e. The summed E-state index contributed by atoms with van der Waals surface area (Å²) in [6, 6.07) is 13.2. The summed E-state index contributed by atoms with van der Waals surface area (Å²) in [6.07, 6.45) is 1.65. The highest BCUT2D eigenvalue weighted by atomic mass is 79.9. The lowest BCUT2D eigenvalue weighted by atomic mass is 10.2. The molecule has 0 aliphatic carbocycles. The Hall–Kier alpha value is -3.44. The SMILES string of the molecule is COc1ccc(Nc2nc(N/N=C\c3cc(Br)ccc3OC)nc(N3CCOCC3)n2)cc1. The molecular weight excluding hydrogens is 490 g/mol. The average molecular weight is 514 g/mol. The van der Waals surface area contributed by atoms with Crippen molar-refractivity contribution in [2.45, 2.75) is 0 Å². The van der Waals surface area contributed by atoms with Gasteiger partial charge in [0.25, 0.3) is 0 Å². The summed E-state index contributed by atoms with van der Waals surface area (Å²) in [5.41, 5.74) is 4.53. The largest absolute Gasteiger partial charge is 0.497 e. The zero-order chi connectivity index (χ0) is 23.0. The van der Waals surface area contributed by atoms with Gasteiger partial charge in [0.15, 0.2) is 0 Å². The number of halogens is 1. The molecule has 1 aliphatic rings. The van der Waals surface area contributed by atoms with Gasteiger partial charge in [-0.05, 0) is 42.5 Å². The molecule has 10 nitrogen and oxygen atoms in total. The molecule has 11 heteroatoms. The fourth-order valence-electron chi connectivity index (χ4n) is 3.14. The highest BCUT2D eigenvalue weighted by molar-refractivity contribution is 9.10. The normalized spacial score (nSPS) is 13.7. The van der Waals surface area contributed by atoms with Crippen molar-refractivity contribution in [1.82, 2.24) is 15.0 Å². The topological polar surface area (TPSA) is 106 Å². The van der Waals surface area contributed by atoms with E-state index in [4.69, 9.17) is 14.2 Å². The van der Waals surface area contributed by atoms with E-state index in [0.29, 0.717) is 49.9 Å². The van der Waals surface area contributed by atoms with Crippen molar-refractivity contribution in [1.29, 1.82) is 0 Å². The number of anilines is 4. The van der Waals surface area contributed by atoms with Gasteiger partial charge in [0.05, 0.1) is 33.6 Å². The standard InChI is InChI=1S/C22H24BrN7O3/c1-31-18-6-4-17(5-7-18)25-20-26-21(28-22(27-20)30-9-11-33-12-10-30)29-24-14-15-13-16(23)3-8-19(15)32-2/h3-8,13-14H,9-12H2,1-2H3,(H2,25,26,27,28,29)/b24-14-. The quantitative estimate of drug-likeness (QED) is 0.344. The van der Waals surface area contributed by atoms with Crippen LogP contribution in [0.2, 0.25) is 0 Å². The van der Waals surface area contributed by atoms with Crippen molar-refractivity contribution < 1.29 is 14.2 Å². The maximum absolute atomic E-state index is 5.45. The van der Waals surface area contributed by atoms with E-state index >= 15 is 0 Å². The Balaban J connectivity index is 1.57. The Labute approximate surface area is 200 Å². The number of aromatic nitrogens is 3. The third-order valence-corrected chi connectivity index (χ3v) is 5.32. The maximum Gasteiger partial charge on any atom is 0.250 e. The molecule has 2 N–H and O–H groups in total. The van der Waals surface area contributed by atoms with Crippen LogP contribution in [0.25, 0.3) is 0 Å². The van der Waals surface area contributed by atoms with Crippen LogP contribution in [0.15, 0.2) is 52.0 Å². The predicted octanol–water partition coefficient (Wildman–Crippen LogP) is 3.68. The van der Waals surface area contributed by atoms with Crippen LogP contribution in [0.1, 0.15) is 5.56 Å². The Morgan fingerprint density at radius 1 is 1.00 bits per heavy atom. The molecule has 0 bridgehead atoms. The molecule has 2 heterocycles. The van der Waals surface area contributed by atoms with Crippen molar-refractivity contribution in [3.63, 3.8) is 0 Å². The summed E-state index contributed by atoms with van der Waals surface area (Å²) >= 11 is 3.46. The van der Waals surface area contributed by atoms with Gasteiger partial charge in [0.2, 0.25) is 17.8 Å². The average Bonchev–Trinajstić information content (AvgIpc) is 2.85. The summed E-state index contributed by atoms with van der Waals surface area (Å²) < 4.78 is 17.0. The number of hydrogen-bond donors (Lipinski definition) is 2. The number of ether oxygens (including phenoxy) is 3. The number of morpholine rings is 1. The number of nitrogens with zero attached hydrogens (tertiary/aromatic N) is 5. The monoisotopic (exact) mass is 513 g/mol. The smallest absolute Gasteiger partial charge is 0.250 e. The summed E-state index contributed by atoms with van der Waals surface area (Å²) in [5.74, 6) is 2.73. The van der Waals surface area contributed by atoms with Crippen LogP contribution in [-0.2, 0) is 4.74 Å². The van der Waals surface area contributed by atoms with Crippen LogP contribution in [0.5, 0.6) is 11.5 Å². The molecule has 1 aromatic heterocycles. The summed E-state index contributed by atoms with van der Waals surface area (Å²) in [5, 5.41) is 7.52. The van der Waals surface area contributed by atoms with Crippen LogP contribution in [0.4, 0.5) is 23.5 Å². The zero-order valence-electron chi connectivity index (χ0n) is 18.3. The molecule has 33 heavy (non-hydrogen) atoms. The zero-order valence-corrected chi connectivity index (χ0v) is 19.9. The van der Waals surface area contributed by atoms with Crippen LogP contribution < -0.4 is 25.1 Å². The molecule has 4 rings (SSSR count). The highest BCUT2D eigenvalue weighted by Gasteiger charge is 2.17. The summed E-state index contributed by atoms with van der Waals surface area (Å²) in [6.45, 7) is 2.64. The van der Waals surface area contributed by atoms with Gasteiger partial charge in [0, 0.05) is 28.8 Å². The first-order chi connectivity index (χ1) is 16.1. The van der Waals surface area contributed by atoms with Crippen molar-refractivity contribution in [2.75, 3.05) is 56.2 Å². The van der Waals surface area contributed by atoms with Crippen LogP contribution in [0.3, 0.4) is 0 Å². The van der Waals surface area contributed by atoms with E-state index < -0.39 is 0 Å². The number of nitrogens with one attached hydrogen (secondary N) is 2. The first kappa shape index (κ1) is 22.7. The van der Waals surface area contributed by atoms with E-state index in [1.807, 2.05) is 42.5 Å². The van der Waals surface area contributed by atoms with Crippen molar-refractivity contribution in [2.24, 2.45) is 5.10 Å². The molecule has 0 unspecified atom stereocenters. The van der Waals surface area contributed by atoms with Crippen molar-refractivity contribution in [3.8, 4) is 11.5 Å². The lowest BCUT2D eigenvalue weighted by Gasteiger charge is -2.27. The molecule has 0 atom stereocenters. The lowest BCUT2D eigenvalue weighted by molar-refractivity contribution is 0.122.